The Labute approximate surface area is 194 Å². The van der Waals surface area contributed by atoms with Gasteiger partial charge in [0.25, 0.3) is 0 Å². The van der Waals surface area contributed by atoms with Crippen molar-refractivity contribution in [1.29, 1.82) is 5.41 Å². The second-order valence-electron chi connectivity index (χ2n) is 7.75. The number of rotatable bonds is 9. The Kier molecular flexibility index (Phi) is 7.44. The Bertz CT molecular complexity index is 1110. The van der Waals surface area contributed by atoms with E-state index in [1.54, 1.807) is 24.3 Å². The fourth-order valence-corrected chi connectivity index (χ4v) is 3.78. The minimum absolute atomic E-state index is 0.137. The van der Waals surface area contributed by atoms with E-state index in [1.165, 1.54) is 4.90 Å². The Hall–Kier alpha value is -4.02. The van der Waals surface area contributed by atoms with Gasteiger partial charge in [-0.15, -0.1) is 0 Å². The Morgan fingerprint density at radius 3 is 2.44 bits per heavy atom. The summed E-state index contributed by atoms with van der Waals surface area (Å²) < 4.78 is 33.9. The second-order valence-corrected chi connectivity index (χ2v) is 7.75. The van der Waals surface area contributed by atoms with E-state index < -0.39 is 48.1 Å². The van der Waals surface area contributed by atoms with Gasteiger partial charge in [0.05, 0.1) is 19.0 Å². The number of amides is 2. The first kappa shape index (κ1) is 24.6. The van der Waals surface area contributed by atoms with Crippen LogP contribution in [0.2, 0.25) is 0 Å². The molecule has 2 unspecified atom stereocenters. The van der Waals surface area contributed by atoms with E-state index in [9.17, 15) is 28.3 Å². The molecule has 1 aliphatic heterocycles. The first-order valence-electron chi connectivity index (χ1n) is 10.5. The average Bonchev–Trinajstić information content (AvgIpc) is 2.78. The van der Waals surface area contributed by atoms with Gasteiger partial charge in [-0.05, 0) is 36.8 Å². The average molecular weight is 474 g/mol. The smallest absolute Gasteiger partial charge is 0.315 e. The molecule has 0 spiro atoms. The summed E-state index contributed by atoms with van der Waals surface area (Å²) in [6, 6.07) is 7.44. The van der Waals surface area contributed by atoms with Crippen LogP contribution < -0.4 is 10.5 Å². The number of hydrogen-bond acceptors (Lipinski definition) is 5. The molecule has 1 saturated heterocycles. The number of carbonyl (C=O) groups is 3. The molecule has 11 heteroatoms. The number of nitrogens with zero attached hydrogens (tertiary/aromatic N) is 2. The summed E-state index contributed by atoms with van der Waals surface area (Å²) in [4.78, 5) is 39.6. The van der Waals surface area contributed by atoms with Crippen molar-refractivity contribution in [3.63, 3.8) is 0 Å². The molecule has 0 radical (unpaired) electrons. The monoisotopic (exact) mass is 474 g/mol. The number of hydrogen-bond donors (Lipinski definition) is 3. The SMILES string of the molecule is CCCN1C(=O)C(=O)N(C(CC(=O)O)c2ccc(F)cc2F)CC1Oc1ccc(C(=N)N)cc1. The number of nitrogen functional groups attached to an aromatic ring is 1. The standard InChI is InChI=1S/C23H24F2N4O5/c1-2-9-28-19(34-15-6-3-13(4-7-15)21(26)27)12-29(23(33)22(28)32)18(11-20(30)31)16-8-5-14(24)10-17(16)25/h3-8,10,18-19H,2,9,11-12H2,1H3,(H3,26,27)(H,30,31). The molecular weight excluding hydrogens is 450 g/mol. The number of halogens is 2. The van der Waals surface area contributed by atoms with Crippen LogP contribution in [0.3, 0.4) is 0 Å². The summed E-state index contributed by atoms with van der Waals surface area (Å²) in [5.41, 5.74) is 5.69. The van der Waals surface area contributed by atoms with Crippen molar-refractivity contribution in [3.05, 3.63) is 65.2 Å². The number of nitrogens with two attached hydrogens (primary N) is 1. The molecule has 2 aromatic rings. The van der Waals surface area contributed by atoms with Crippen LogP contribution in [0, 0.1) is 17.0 Å². The largest absolute Gasteiger partial charge is 0.481 e. The van der Waals surface area contributed by atoms with Crippen LogP contribution in [-0.2, 0) is 14.4 Å². The number of carboxylic acid groups (broad SMARTS) is 1. The number of benzene rings is 2. The Morgan fingerprint density at radius 1 is 1.21 bits per heavy atom. The van der Waals surface area contributed by atoms with E-state index in [0.29, 0.717) is 23.8 Å². The molecule has 0 bridgehead atoms. The number of aliphatic carboxylic acids is 1. The molecule has 2 atom stereocenters. The molecule has 4 N–H and O–H groups in total. The summed E-state index contributed by atoms with van der Waals surface area (Å²) in [5, 5.41) is 16.9. The van der Waals surface area contributed by atoms with E-state index in [0.717, 1.165) is 17.0 Å². The van der Waals surface area contributed by atoms with Gasteiger partial charge in [0.15, 0.2) is 6.23 Å². The maximum atomic E-state index is 14.5. The Balaban J connectivity index is 1.97. The van der Waals surface area contributed by atoms with Gasteiger partial charge < -0.3 is 20.5 Å². The second kappa shape index (κ2) is 10.3. The highest BCUT2D eigenvalue weighted by Crippen LogP contribution is 2.31. The maximum Gasteiger partial charge on any atom is 0.315 e. The highest BCUT2D eigenvalue weighted by molar-refractivity contribution is 6.35. The zero-order valence-electron chi connectivity index (χ0n) is 18.3. The summed E-state index contributed by atoms with van der Waals surface area (Å²) in [5.74, 6) is -4.96. The van der Waals surface area contributed by atoms with Gasteiger partial charge in [-0.2, -0.15) is 0 Å². The minimum atomic E-state index is -1.36. The van der Waals surface area contributed by atoms with E-state index in [4.69, 9.17) is 15.9 Å². The molecule has 3 rings (SSSR count). The molecule has 1 fully saturated rings. The summed E-state index contributed by atoms with van der Waals surface area (Å²) in [6.45, 7) is 1.76. The quantitative estimate of drug-likeness (QED) is 0.290. The van der Waals surface area contributed by atoms with Crippen LogP contribution in [-0.4, -0.2) is 57.8 Å². The van der Waals surface area contributed by atoms with Crippen molar-refractivity contribution in [1.82, 2.24) is 9.80 Å². The predicted octanol–water partition coefficient (Wildman–Crippen LogP) is 2.25. The highest BCUT2D eigenvalue weighted by Gasteiger charge is 2.44. The lowest BCUT2D eigenvalue weighted by Crippen LogP contribution is -2.62. The van der Waals surface area contributed by atoms with E-state index in [1.807, 2.05) is 6.92 Å². The lowest BCUT2D eigenvalue weighted by Gasteiger charge is -2.43. The van der Waals surface area contributed by atoms with Gasteiger partial charge >= 0.3 is 17.8 Å². The van der Waals surface area contributed by atoms with Crippen molar-refractivity contribution in [2.45, 2.75) is 32.0 Å². The summed E-state index contributed by atoms with van der Waals surface area (Å²) in [6.07, 6.45) is -1.17. The fourth-order valence-electron chi connectivity index (χ4n) is 3.78. The first-order valence-corrected chi connectivity index (χ1v) is 10.5. The number of piperazine rings is 1. The van der Waals surface area contributed by atoms with Gasteiger partial charge in [0.2, 0.25) is 0 Å². The molecule has 9 nitrogen and oxygen atoms in total. The van der Waals surface area contributed by atoms with Crippen molar-refractivity contribution < 1.29 is 33.0 Å². The lowest BCUT2D eigenvalue weighted by atomic mass is 9.99. The third-order valence-electron chi connectivity index (χ3n) is 5.37. The van der Waals surface area contributed by atoms with Crippen LogP contribution >= 0.6 is 0 Å². The third-order valence-corrected chi connectivity index (χ3v) is 5.37. The molecule has 1 aliphatic rings. The first-order chi connectivity index (χ1) is 16.1. The molecule has 180 valence electrons. The molecule has 34 heavy (non-hydrogen) atoms. The topological polar surface area (TPSA) is 137 Å². The van der Waals surface area contributed by atoms with Crippen molar-refractivity contribution in [2.75, 3.05) is 13.1 Å². The third kappa shape index (κ3) is 5.30. The molecule has 0 aliphatic carbocycles. The zero-order valence-corrected chi connectivity index (χ0v) is 18.3. The van der Waals surface area contributed by atoms with Crippen molar-refractivity contribution in [3.8, 4) is 5.75 Å². The van der Waals surface area contributed by atoms with Crippen LogP contribution in [0.5, 0.6) is 5.75 Å². The molecule has 0 saturated carbocycles. The minimum Gasteiger partial charge on any atom is -0.481 e. The highest BCUT2D eigenvalue weighted by atomic mass is 19.1. The lowest BCUT2D eigenvalue weighted by molar-refractivity contribution is -0.169. The van der Waals surface area contributed by atoms with Crippen molar-refractivity contribution >= 4 is 23.6 Å². The maximum absolute atomic E-state index is 14.5. The Morgan fingerprint density at radius 2 is 1.88 bits per heavy atom. The van der Waals surface area contributed by atoms with Crippen LogP contribution in [0.4, 0.5) is 8.78 Å². The van der Waals surface area contributed by atoms with Gasteiger partial charge in [0, 0.05) is 23.7 Å². The van der Waals surface area contributed by atoms with Crippen LogP contribution in [0.15, 0.2) is 42.5 Å². The summed E-state index contributed by atoms with van der Waals surface area (Å²) in [7, 11) is 0. The number of amidine groups is 1. The van der Waals surface area contributed by atoms with Crippen molar-refractivity contribution in [2.24, 2.45) is 5.73 Å². The van der Waals surface area contributed by atoms with E-state index in [2.05, 4.69) is 0 Å². The van der Waals surface area contributed by atoms with Gasteiger partial charge in [-0.1, -0.05) is 13.0 Å². The van der Waals surface area contributed by atoms with Crippen LogP contribution in [0.1, 0.15) is 36.9 Å². The van der Waals surface area contributed by atoms with E-state index in [-0.39, 0.29) is 24.5 Å². The van der Waals surface area contributed by atoms with E-state index >= 15 is 0 Å². The summed E-state index contributed by atoms with van der Waals surface area (Å²) >= 11 is 0. The van der Waals surface area contributed by atoms with Crippen LogP contribution in [0.25, 0.3) is 0 Å². The number of ether oxygens (including phenoxy) is 1. The number of carboxylic acids is 1. The molecule has 0 aromatic heterocycles. The predicted molar refractivity (Wildman–Crippen MR) is 117 cm³/mol. The van der Waals surface area contributed by atoms with Gasteiger partial charge in [-0.25, -0.2) is 8.78 Å². The fraction of sp³-hybridized carbons (Fsp3) is 0.304. The molecular formula is C23H24F2N4O5. The normalized spacial score (nSPS) is 17.0. The molecule has 1 heterocycles. The number of carbonyl (C=O) groups excluding carboxylic acids is 2. The molecule has 2 aromatic carbocycles. The zero-order chi connectivity index (χ0) is 25.0. The van der Waals surface area contributed by atoms with Gasteiger partial charge in [-0.3, -0.25) is 24.7 Å². The number of nitrogens with one attached hydrogen (secondary N) is 1. The van der Waals surface area contributed by atoms with Gasteiger partial charge in [0.1, 0.15) is 23.2 Å². The molecule has 2 amide bonds.